The average Bonchev–Trinajstić information content (AvgIpc) is 2.17. The van der Waals surface area contributed by atoms with Gasteiger partial charge in [-0.05, 0) is 22.6 Å². The Morgan fingerprint density at radius 2 is 2.09 bits per heavy atom. The molecule has 4 atom stereocenters. The van der Waals surface area contributed by atoms with E-state index >= 15 is 0 Å². The molecule has 65 valence electrons. The molecule has 1 saturated heterocycles. The van der Waals surface area contributed by atoms with E-state index in [4.69, 9.17) is 15.3 Å². The summed E-state index contributed by atoms with van der Waals surface area (Å²) in [7, 11) is 0. The first kappa shape index (κ1) is 9.59. The van der Waals surface area contributed by atoms with Crippen molar-refractivity contribution in [3.63, 3.8) is 0 Å². The molecule has 1 aliphatic rings. The van der Waals surface area contributed by atoms with Crippen LogP contribution < -0.4 is 0 Å². The number of alkyl halides is 1. The van der Waals surface area contributed by atoms with Crippen molar-refractivity contribution in [2.24, 2.45) is 0 Å². The van der Waals surface area contributed by atoms with Crippen molar-refractivity contribution in [3.05, 3.63) is 6.36 Å². The topological polar surface area (TPSA) is 69.9 Å². The zero-order chi connectivity index (χ0) is 8.59. The lowest BCUT2D eigenvalue weighted by Crippen LogP contribution is -2.35. The molecule has 4 nitrogen and oxygen atoms in total. The van der Waals surface area contributed by atoms with E-state index in [1.54, 1.807) is 22.6 Å². The number of aliphatic hydroxyl groups excluding tert-OH is 3. The molecule has 0 bridgehead atoms. The van der Waals surface area contributed by atoms with Gasteiger partial charge in [0.25, 0.3) is 0 Å². The lowest BCUT2D eigenvalue weighted by Gasteiger charge is -2.14. The third-order valence-electron chi connectivity index (χ3n) is 1.41. The first-order valence-electron chi connectivity index (χ1n) is 2.91. The molecule has 1 unspecified atom stereocenters. The third kappa shape index (κ3) is 1.81. The predicted octanol–water partition coefficient (Wildman–Crippen LogP) is -0.681. The van der Waals surface area contributed by atoms with Crippen molar-refractivity contribution in [2.75, 3.05) is 0 Å². The fourth-order valence-corrected chi connectivity index (χ4v) is 1.37. The molecule has 0 aromatic rings. The molecule has 1 aliphatic heterocycles. The highest BCUT2D eigenvalue weighted by molar-refractivity contribution is 14.1. The summed E-state index contributed by atoms with van der Waals surface area (Å²) in [4.78, 5) is 0. The van der Waals surface area contributed by atoms with Crippen LogP contribution in [0.15, 0.2) is 0 Å². The summed E-state index contributed by atoms with van der Waals surface area (Å²) in [6.45, 7) is 0. The van der Waals surface area contributed by atoms with E-state index in [-0.39, 0.29) is 0 Å². The van der Waals surface area contributed by atoms with Crippen LogP contribution >= 0.6 is 22.6 Å². The standard InChI is InChI=1S/C5H7FIO4/c6-4-2(9)1(8)3(11-4)5(7)10/h1-3,5,8-10H/t1-,2-,3-,5?/m0/s1. The maximum absolute atomic E-state index is 12.3. The van der Waals surface area contributed by atoms with Gasteiger partial charge in [0, 0.05) is 0 Å². The van der Waals surface area contributed by atoms with Gasteiger partial charge in [0.05, 0.1) is 0 Å². The normalized spacial score (nSPS) is 42.8. The third-order valence-corrected chi connectivity index (χ3v) is 2.12. The van der Waals surface area contributed by atoms with Crippen molar-refractivity contribution in [3.8, 4) is 0 Å². The molecule has 1 fully saturated rings. The van der Waals surface area contributed by atoms with Crippen LogP contribution in [-0.4, -0.2) is 37.7 Å². The second kappa shape index (κ2) is 3.48. The van der Waals surface area contributed by atoms with Crippen LogP contribution in [0.2, 0.25) is 0 Å². The average molecular weight is 277 g/mol. The molecule has 3 N–H and O–H groups in total. The monoisotopic (exact) mass is 277 g/mol. The van der Waals surface area contributed by atoms with Gasteiger partial charge in [-0.1, -0.05) is 0 Å². The van der Waals surface area contributed by atoms with E-state index in [0.29, 0.717) is 0 Å². The zero-order valence-electron chi connectivity index (χ0n) is 5.32. The highest BCUT2D eigenvalue weighted by Gasteiger charge is 2.47. The van der Waals surface area contributed by atoms with Crippen LogP contribution in [-0.2, 0) is 4.74 Å². The molecule has 0 aromatic heterocycles. The van der Waals surface area contributed by atoms with Gasteiger partial charge in [-0.3, -0.25) is 0 Å². The molecule has 1 radical (unpaired) electrons. The van der Waals surface area contributed by atoms with Crippen LogP contribution in [0.5, 0.6) is 0 Å². The van der Waals surface area contributed by atoms with Crippen LogP contribution in [0.25, 0.3) is 0 Å². The van der Waals surface area contributed by atoms with Gasteiger partial charge in [-0.2, -0.15) is 0 Å². The van der Waals surface area contributed by atoms with Gasteiger partial charge < -0.3 is 20.1 Å². The van der Waals surface area contributed by atoms with Gasteiger partial charge in [0.2, 0.25) is 0 Å². The minimum atomic E-state index is -1.63. The van der Waals surface area contributed by atoms with E-state index in [9.17, 15) is 4.39 Å². The number of rotatable bonds is 1. The smallest absolute Gasteiger partial charge is 0.300 e. The fraction of sp³-hybridized carbons (Fsp3) is 0.800. The maximum Gasteiger partial charge on any atom is 0.300 e. The Morgan fingerprint density at radius 3 is 2.27 bits per heavy atom. The Balaban J connectivity index is 2.59. The molecular weight excluding hydrogens is 270 g/mol. The number of aliphatic hydroxyl groups is 3. The Morgan fingerprint density at radius 1 is 1.55 bits per heavy atom. The van der Waals surface area contributed by atoms with E-state index in [0.717, 1.165) is 0 Å². The van der Waals surface area contributed by atoms with Gasteiger partial charge in [-0.25, -0.2) is 4.39 Å². The lowest BCUT2D eigenvalue weighted by atomic mass is 10.1. The summed E-state index contributed by atoms with van der Waals surface area (Å²) in [5.74, 6) is 0. The largest absolute Gasteiger partial charge is 0.387 e. The Bertz CT molecular complexity index is 144. The number of halogens is 2. The maximum atomic E-state index is 12.3. The zero-order valence-corrected chi connectivity index (χ0v) is 7.47. The minimum absolute atomic E-state index is 1.04. The molecule has 0 spiro atoms. The van der Waals surface area contributed by atoms with Crippen LogP contribution in [0.1, 0.15) is 0 Å². The van der Waals surface area contributed by atoms with E-state index in [1.807, 2.05) is 0 Å². The van der Waals surface area contributed by atoms with E-state index in [2.05, 4.69) is 4.74 Å². The highest BCUT2D eigenvalue weighted by atomic mass is 127. The van der Waals surface area contributed by atoms with Crippen molar-refractivity contribution >= 4 is 22.6 Å². The van der Waals surface area contributed by atoms with Crippen molar-refractivity contribution in [1.29, 1.82) is 0 Å². The van der Waals surface area contributed by atoms with Gasteiger partial charge in [-0.15, -0.1) is 0 Å². The van der Waals surface area contributed by atoms with Crippen LogP contribution in [0.3, 0.4) is 0 Å². The van der Waals surface area contributed by atoms with E-state index < -0.39 is 28.8 Å². The molecule has 0 aromatic carbocycles. The van der Waals surface area contributed by atoms with E-state index in [1.165, 1.54) is 0 Å². The van der Waals surface area contributed by atoms with Gasteiger partial charge in [0.1, 0.15) is 22.4 Å². The van der Waals surface area contributed by atoms with Crippen molar-refractivity contribution in [2.45, 2.75) is 22.4 Å². The molecule has 1 heterocycles. The van der Waals surface area contributed by atoms with Gasteiger partial charge >= 0.3 is 6.36 Å². The number of ether oxygens (including phenoxy) is 1. The Kier molecular flexibility index (Phi) is 3.03. The summed E-state index contributed by atoms with van der Waals surface area (Å²) in [5, 5.41) is 26.7. The Hall–Kier alpha value is 0.500. The predicted molar refractivity (Wildman–Crippen MR) is 41.3 cm³/mol. The molecule has 11 heavy (non-hydrogen) atoms. The minimum Gasteiger partial charge on any atom is -0.387 e. The molecule has 6 heteroatoms. The lowest BCUT2D eigenvalue weighted by molar-refractivity contribution is -0.0228. The highest BCUT2D eigenvalue weighted by Crippen LogP contribution is 2.31. The number of hydrogen-bond donors (Lipinski definition) is 3. The summed E-state index contributed by atoms with van der Waals surface area (Å²) >= 11 is 1.56. The second-order valence-electron chi connectivity index (χ2n) is 2.19. The van der Waals surface area contributed by atoms with Gasteiger partial charge in [0.15, 0.2) is 0 Å². The summed E-state index contributed by atoms with van der Waals surface area (Å²) in [5.41, 5.74) is 0. The molecule has 0 amide bonds. The summed E-state index contributed by atoms with van der Waals surface area (Å²) in [6, 6.07) is 0. The van der Waals surface area contributed by atoms with Crippen molar-refractivity contribution in [1.82, 2.24) is 0 Å². The first-order chi connectivity index (χ1) is 5.04. The summed E-state index contributed by atoms with van der Waals surface area (Å²) < 4.78 is 15.7. The van der Waals surface area contributed by atoms with Crippen molar-refractivity contribution < 1.29 is 24.4 Å². The second-order valence-corrected chi connectivity index (χ2v) is 3.47. The van der Waals surface area contributed by atoms with Crippen LogP contribution in [0.4, 0.5) is 4.39 Å². The first-order valence-corrected chi connectivity index (χ1v) is 4.16. The Labute approximate surface area is 76.1 Å². The summed E-state index contributed by atoms with van der Waals surface area (Å²) in [6.07, 6.45) is -5.24. The van der Waals surface area contributed by atoms with Crippen LogP contribution in [0, 0.1) is 6.36 Å². The molecular formula is C5H7FIO4. The molecule has 0 aliphatic carbocycles. The molecule has 0 saturated carbocycles. The fourth-order valence-electron chi connectivity index (χ4n) is 0.802. The molecule has 1 rings (SSSR count). The quantitative estimate of drug-likeness (QED) is 0.439. The SMILES string of the molecule is OC(I)[C@H]1O[C](F)[C@@H](O)[C@@H]1O. The number of hydrogen-bond acceptors (Lipinski definition) is 4.